The zero-order chi connectivity index (χ0) is 20.6. The first-order chi connectivity index (χ1) is 14.0. The molecule has 0 aliphatic heterocycles. The number of anilines is 1. The lowest BCUT2D eigenvalue weighted by Gasteiger charge is -2.16. The number of rotatable bonds is 7. The number of carbonyl (C=O) groups excluding carboxylic acids is 2. The van der Waals surface area contributed by atoms with Crippen molar-refractivity contribution in [3.63, 3.8) is 0 Å². The highest BCUT2D eigenvalue weighted by atomic mass is 16.5. The highest BCUT2D eigenvalue weighted by Crippen LogP contribution is 2.15. The van der Waals surface area contributed by atoms with Gasteiger partial charge in [-0.1, -0.05) is 48.5 Å². The molecule has 0 spiro atoms. The molecule has 0 aliphatic carbocycles. The molecule has 0 bridgehead atoms. The van der Waals surface area contributed by atoms with E-state index in [1.54, 1.807) is 43.3 Å². The lowest BCUT2D eigenvalue weighted by molar-refractivity contribution is -0.122. The van der Waals surface area contributed by atoms with E-state index in [1.807, 2.05) is 55.5 Å². The second-order valence-corrected chi connectivity index (χ2v) is 6.75. The molecular weight excluding hydrogens is 364 g/mol. The Labute approximate surface area is 170 Å². The highest BCUT2D eigenvalue weighted by Gasteiger charge is 2.15. The molecule has 0 radical (unpaired) electrons. The van der Waals surface area contributed by atoms with Gasteiger partial charge in [-0.15, -0.1) is 0 Å². The Bertz CT molecular complexity index is 941. The summed E-state index contributed by atoms with van der Waals surface area (Å²) in [6, 6.07) is 25.6. The molecule has 2 N–H and O–H groups in total. The average Bonchev–Trinajstić information content (AvgIpc) is 2.75. The lowest BCUT2D eigenvalue weighted by Crippen LogP contribution is -2.30. The standard InChI is InChI=1S/C24H24N2O3/c1-17(19-9-5-3-6-10-19)25-24(28)20-13-15-21(16-14-20)26-23(27)18(2)29-22-11-7-4-8-12-22/h3-18H,1-2H3,(H,25,28)(H,26,27). The molecule has 0 saturated carbocycles. The van der Waals surface area contributed by atoms with Crippen molar-refractivity contribution in [2.45, 2.75) is 26.0 Å². The molecule has 3 rings (SSSR count). The van der Waals surface area contributed by atoms with Crippen LogP contribution in [0.1, 0.15) is 35.8 Å². The molecule has 0 heterocycles. The predicted octanol–water partition coefficient (Wildman–Crippen LogP) is 4.58. The molecule has 5 nitrogen and oxygen atoms in total. The minimum Gasteiger partial charge on any atom is -0.481 e. The summed E-state index contributed by atoms with van der Waals surface area (Å²) in [5.41, 5.74) is 2.17. The van der Waals surface area contributed by atoms with Gasteiger partial charge in [0, 0.05) is 11.3 Å². The quantitative estimate of drug-likeness (QED) is 0.622. The summed E-state index contributed by atoms with van der Waals surface area (Å²) >= 11 is 0. The fraction of sp³-hybridized carbons (Fsp3) is 0.167. The predicted molar refractivity (Wildman–Crippen MR) is 114 cm³/mol. The van der Waals surface area contributed by atoms with Gasteiger partial charge in [0.1, 0.15) is 5.75 Å². The van der Waals surface area contributed by atoms with Crippen molar-refractivity contribution < 1.29 is 14.3 Å². The second kappa shape index (κ2) is 9.55. The third kappa shape index (κ3) is 5.69. The number of carbonyl (C=O) groups is 2. The van der Waals surface area contributed by atoms with Crippen LogP contribution in [0.4, 0.5) is 5.69 Å². The molecule has 0 saturated heterocycles. The maximum absolute atomic E-state index is 12.5. The van der Waals surface area contributed by atoms with Crippen molar-refractivity contribution in [1.82, 2.24) is 5.32 Å². The molecular formula is C24H24N2O3. The molecule has 0 aromatic heterocycles. The van der Waals surface area contributed by atoms with E-state index >= 15 is 0 Å². The molecule has 3 aromatic rings. The van der Waals surface area contributed by atoms with Crippen LogP contribution in [0, 0.1) is 0 Å². The van der Waals surface area contributed by atoms with Crippen LogP contribution in [0.5, 0.6) is 5.75 Å². The van der Waals surface area contributed by atoms with Crippen LogP contribution in [-0.2, 0) is 4.79 Å². The van der Waals surface area contributed by atoms with Gasteiger partial charge in [-0.25, -0.2) is 0 Å². The monoisotopic (exact) mass is 388 g/mol. The molecule has 0 fully saturated rings. The fourth-order valence-electron chi connectivity index (χ4n) is 2.81. The summed E-state index contributed by atoms with van der Waals surface area (Å²) < 4.78 is 5.62. The van der Waals surface area contributed by atoms with E-state index in [1.165, 1.54) is 0 Å². The van der Waals surface area contributed by atoms with Gasteiger partial charge in [-0.3, -0.25) is 9.59 Å². The molecule has 29 heavy (non-hydrogen) atoms. The van der Waals surface area contributed by atoms with Gasteiger partial charge >= 0.3 is 0 Å². The van der Waals surface area contributed by atoms with Gasteiger partial charge in [0.15, 0.2) is 6.10 Å². The maximum atomic E-state index is 12.5. The van der Waals surface area contributed by atoms with Crippen molar-refractivity contribution in [2.75, 3.05) is 5.32 Å². The van der Waals surface area contributed by atoms with Gasteiger partial charge in [-0.2, -0.15) is 0 Å². The molecule has 148 valence electrons. The summed E-state index contributed by atoms with van der Waals surface area (Å²) in [6.45, 7) is 3.63. The zero-order valence-electron chi connectivity index (χ0n) is 16.5. The summed E-state index contributed by atoms with van der Waals surface area (Å²) in [4.78, 5) is 24.8. The van der Waals surface area contributed by atoms with E-state index in [0.29, 0.717) is 17.0 Å². The molecule has 5 heteroatoms. The Hall–Kier alpha value is -3.60. The van der Waals surface area contributed by atoms with Crippen LogP contribution >= 0.6 is 0 Å². The highest BCUT2D eigenvalue weighted by molar-refractivity contribution is 5.97. The van der Waals surface area contributed by atoms with E-state index < -0.39 is 6.10 Å². The van der Waals surface area contributed by atoms with Gasteiger partial charge < -0.3 is 15.4 Å². The molecule has 2 amide bonds. The van der Waals surface area contributed by atoms with Gasteiger partial charge in [0.05, 0.1) is 6.04 Å². The van der Waals surface area contributed by atoms with Crippen LogP contribution in [0.2, 0.25) is 0 Å². The van der Waals surface area contributed by atoms with Crippen LogP contribution in [0.25, 0.3) is 0 Å². The number of ether oxygens (including phenoxy) is 1. The topological polar surface area (TPSA) is 67.4 Å². The third-order valence-electron chi connectivity index (χ3n) is 4.49. The number of nitrogens with one attached hydrogen (secondary N) is 2. The van der Waals surface area contributed by atoms with Crippen molar-refractivity contribution in [3.05, 3.63) is 96.1 Å². The lowest BCUT2D eigenvalue weighted by atomic mass is 10.1. The van der Waals surface area contributed by atoms with E-state index in [9.17, 15) is 9.59 Å². The first-order valence-corrected chi connectivity index (χ1v) is 9.51. The second-order valence-electron chi connectivity index (χ2n) is 6.75. The Kier molecular flexibility index (Phi) is 6.63. The van der Waals surface area contributed by atoms with Crippen LogP contribution in [-0.4, -0.2) is 17.9 Å². The number of para-hydroxylation sites is 1. The van der Waals surface area contributed by atoms with Crippen molar-refractivity contribution in [1.29, 1.82) is 0 Å². The average molecular weight is 388 g/mol. The van der Waals surface area contributed by atoms with Gasteiger partial charge in [0.2, 0.25) is 0 Å². The fourth-order valence-corrected chi connectivity index (χ4v) is 2.81. The number of benzene rings is 3. The number of amides is 2. The third-order valence-corrected chi connectivity index (χ3v) is 4.49. The summed E-state index contributed by atoms with van der Waals surface area (Å²) in [5.74, 6) is 0.207. The largest absolute Gasteiger partial charge is 0.481 e. The van der Waals surface area contributed by atoms with Crippen LogP contribution in [0.3, 0.4) is 0 Å². The number of hydrogen-bond acceptors (Lipinski definition) is 3. The Balaban J connectivity index is 1.55. The Morgan fingerprint density at radius 1 is 0.793 bits per heavy atom. The van der Waals surface area contributed by atoms with E-state index in [-0.39, 0.29) is 17.9 Å². The van der Waals surface area contributed by atoms with Gasteiger partial charge in [-0.05, 0) is 55.8 Å². The number of hydrogen-bond donors (Lipinski definition) is 2. The Morgan fingerprint density at radius 2 is 1.38 bits per heavy atom. The molecule has 2 atom stereocenters. The zero-order valence-corrected chi connectivity index (χ0v) is 16.5. The minimum atomic E-state index is -0.646. The molecule has 0 aliphatic rings. The van der Waals surface area contributed by atoms with E-state index in [2.05, 4.69) is 10.6 Å². The first kappa shape index (κ1) is 20.1. The Morgan fingerprint density at radius 3 is 2.00 bits per heavy atom. The summed E-state index contributed by atoms with van der Waals surface area (Å²) in [6.07, 6.45) is -0.646. The minimum absolute atomic E-state index is 0.0981. The van der Waals surface area contributed by atoms with Crippen LogP contribution < -0.4 is 15.4 Å². The molecule has 2 unspecified atom stereocenters. The normalized spacial score (nSPS) is 12.5. The smallest absolute Gasteiger partial charge is 0.265 e. The maximum Gasteiger partial charge on any atom is 0.265 e. The van der Waals surface area contributed by atoms with Crippen molar-refractivity contribution >= 4 is 17.5 Å². The van der Waals surface area contributed by atoms with E-state index in [4.69, 9.17) is 4.74 Å². The summed E-state index contributed by atoms with van der Waals surface area (Å²) in [7, 11) is 0. The summed E-state index contributed by atoms with van der Waals surface area (Å²) in [5, 5.41) is 5.77. The molecule has 3 aromatic carbocycles. The van der Waals surface area contributed by atoms with E-state index in [0.717, 1.165) is 5.56 Å². The first-order valence-electron chi connectivity index (χ1n) is 9.51. The van der Waals surface area contributed by atoms with Crippen molar-refractivity contribution in [3.8, 4) is 5.75 Å². The van der Waals surface area contributed by atoms with Crippen LogP contribution in [0.15, 0.2) is 84.9 Å². The van der Waals surface area contributed by atoms with Gasteiger partial charge in [0.25, 0.3) is 11.8 Å². The van der Waals surface area contributed by atoms with Crippen molar-refractivity contribution in [2.24, 2.45) is 0 Å². The SMILES string of the molecule is CC(Oc1ccccc1)C(=O)Nc1ccc(C(=O)NC(C)c2ccccc2)cc1.